The molecule has 0 N–H and O–H groups in total. The van der Waals surface area contributed by atoms with Gasteiger partial charge in [0.25, 0.3) is 5.24 Å². The number of halogens is 1. The second kappa shape index (κ2) is 4.80. The largest absolute Gasteiger partial charge is 0.493 e. The van der Waals surface area contributed by atoms with Crippen LogP contribution >= 0.6 is 11.6 Å². The summed E-state index contributed by atoms with van der Waals surface area (Å²) in [6.45, 7) is 0. The SMILES string of the molecule is COc1ccc(C(=O)Cl)c([N+](=O)[O-])c1OC. The summed E-state index contributed by atoms with van der Waals surface area (Å²) in [6, 6.07) is 2.59. The molecule has 0 unspecified atom stereocenters. The molecule has 1 aromatic carbocycles. The Morgan fingerprint density at radius 1 is 1.38 bits per heavy atom. The van der Waals surface area contributed by atoms with Crippen molar-refractivity contribution >= 4 is 22.5 Å². The van der Waals surface area contributed by atoms with Crippen LogP contribution in [0.4, 0.5) is 5.69 Å². The molecule has 0 aliphatic carbocycles. The predicted molar refractivity (Wildman–Crippen MR) is 56.4 cm³/mol. The Morgan fingerprint density at radius 2 is 2.00 bits per heavy atom. The summed E-state index contributed by atoms with van der Waals surface area (Å²) in [7, 11) is 2.58. The van der Waals surface area contributed by atoms with Crippen LogP contribution in [-0.4, -0.2) is 24.4 Å². The van der Waals surface area contributed by atoms with E-state index in [1.165, 1.54) is 26.4 Å². The Bertz CT molecular complexity index is 446. The highest BCUT2D eigenvalue weighted by molar-refractivity contribution is 6.68. The van der Waals surface area contributed by atoms with E-state index in [-0.39, 0.29) is 17.1 Å². The van der Waals surface area contributed by atoms with Gasteiger partial charge in [-0.05, 0) is 23.7 Å². The lowest BCUT2D eigenvalue weighted by molar-refractivity contribution is -0.386. The zero-order chi connectivity index (χ0) is 12.3. The number of nitrogens with zero attached hydrogens (tertiary/aromatic N) is 1. The van der Waals surface area contributed by atoms with Gasteiger partial charge in [0.2, 0.25) is 5.75 Å². The maximum atomic E-state index is 11.0. The number of methoxy groups -OCH3 is 2. The van der Waals surface area contributed by atoms with Crippen molar-refractivity contribution in [3.05, 3.63) is 27.8 Å². The summed E-state index contributed by atoms with van der Waals surface area (Å²) in [5.41, 5.74) is -0.730. The molecule has 0 bridgehead atoms. The number of nitro groups is 1. The zero-order valence-electron chi connectivity index (χ0n) is 8.52. The summed E-state index contributed by atoms with van der Waals surface area (Å²) < 4.78 is 9.72. The van der Waals surface area contributed by atoms with Gasteiger partial charge in [0.1, 0.15) is 5.56 Å². The summed E-state index contributed by atoms with van der Waals surface area (Å²) in [5.74, 6) is 0.0369. The number of carbonyl (C=O) groups is 1. The minimum Gasteiger partial charge on any atom is -0.493 e. The third-order valence-electron chi connectivity index (χ3n) is 1.91. The van der Waals surface area contributed by atoms with Crippen molar-refractivity contribution in [3.8, 4) is 11.5 Å². The fraction of sp³-hybridized carbons (Fsp3) is 0.222. The highest BCUT2D eigenvalue weighted by Crippen LogP contribution is 2.39. The lowest BCUT2D eigenvalue weighted by atomic mass is 10.1. The van der Waals surface area contributed by atoms with Crippen LogP contribution in [0.25, 0.3) is 0 Å². The lowest BCUT2D eigenvalue weighted by Crippen LogP contribution is -2.03. The first-order valence-corrected chi connectivity index (χ1v) is 4.50. The van der Waals surface area contributed by atoms with E-state index in [0.29, 0.717) is 0 Å². The molecule has 1 rings (SSSR count). The fourth-order valence-corrected chi connectivity index (χ4v) is 1.40. The van der Waals surface area contributed by atoms with E-state index < -0.39 is 15.9 Å². The molecular formula is C9H8ClNO5. The maximum Gasteiger partial charge on any atom is 0.326 e. The first kappa shape index (κ1) is 12.3. The number of nitro benzene ring substituents is 1. The summed E-state index contributed by atoms with van der Waals surface area (Å²) >= 11 is 5.24. The van der Waals surface area contributed by atoms with Crippen molar-refractivity contribution in [2.45, 2.75) is 0 Å². The van der Waals surface area contributed by atoms with Gasteiger partial charge in [0.15, 0.2) is 5.75 Å². The number of benzene rings is 1. The number of rotatable bonds is 4. The molecule has 7 heteroatoms. The number of hydrogen-bond donors (Lipinski definition) is 0. The van der Waals surface area contributed by atoms with Gasteiger partial charge in [-0.15, -0.1) is 0 Å². The number of ether oxygens (including phenoxy) is 2. The van der Waals surface area contributed by atoms with Gasteiger partial charge in [-0.1, -0.05) is 0 Å². The van der Waals surface area contributed by atoms with Gasteiger partial charge in [0.05, 0.1) is 19.1 Å². The molecule has 0 aliphatic heterocycles. The van der Waals surface area contributed by atoms with Crippen LogP contribution < -0.4 is 9.47 Å². The molecule has 0 spiro atoms. The Morgan fingerprint density at radius 3 is 2.38 bits per heavy atom. The average Bonchev–Trinajstić information content (AvgIpc) is 2.26. The van der Waals surface area contributed by atoms with Crippen molar-refractivity contribution < 1.29 is 19.2 Å². The predicted octanol–water partition coefficient (Wildman–Crippen LogP) is 1.99. The molecule has 0 atom stereocenters. The molecule has 0 fully saturated rings. The Hall–Kier alpha value is -1.82. The van der Waals surface area contributed by atoms with E-state index in [1.807, 2.05) is 0 Å². The summed E-state index contributed by atoms with van der Waals surface area (Å²) in [6.07, 6.45) is 0. The number of carbonyl (C=O) groups excluding carboxylic acids is 1. The normalized spacial score (nSPS) is 9.69. The van der Waals surface area contributed by atoms with E-state index >= 15 is 0 Å². The second-order valence-corrected chi connectivity index (χ2v) is 3.07. The number of hydrogen-bond acceptors (Lipinski definition) is 5. The van der Waals surface area contributed by atoms with Crippen molar-refractivity contribution in [1.82, 2.24) is 0 Å². The molecule has 0 heterocycles. The van der Waals surface area contributed by atoms with Gasteiger partial charge < -0.3 is 9.47 Å². The van der Waals surface area contributed by atoms with Crippen LogP contribution in [0.5, 0.6) is 11.5 Å². The molecule has 0 saturated heterocycles. The van der Waals surface area contributed by atoms with Crippen LogP contribution in [0, 0.1) is 10.1 Å². The summed E-state index contributed by atoms with van der Waals surface area (Å²) in [4.78, 5) is 21.1. The highest BCUT2D eigenvalue weighted by atomic mass is 35.5. The van der Waals surface area contributed by atoms with Crippen LogP contribution in [0.3, 0.4) is 0 Å². The standard InChI is InChI=1S/C9H8ClNO5/c1-15-6-4-3-5(9(10)12)7(11(13)14)8(6)16-2/h3-4H,1-2H3. The van der Waals surface area contributed by atoms with Gasteiger partial charge in [0, 0.05) is 0 Å². The Labute approximate surface area is 95.9 Å². The minimum absolute atomic E-state index is 0.126. The van der Waals surface area contributed by atoms with E-state index in [0.717, 1.165) is 0 Å². The molecule has 86 valence electrons. The minimum atomic E-state index is -0.923. The van der Waals surface area contributed by atoms with Crippen LogP contribution in [0.2, 0.25) is 0 Å². The van der Waals surface area contributed by atoms with Crippen LogP contribution in [0.1, 0.15) is 10.4 Å². The molecular weight excluding hydrogens is 238 g/mol. The zero-order valence-corrected chi connectivity index (χ0v) is 9.28. The van der Waals surface area contributed by atoms with Gasteiger partial charge in [-0.3, -0.25) is 14.9 Å². The second-order valence-electron chi connectivity index (χ2n) is 2.73. The van der Waals surface area contributed by atoms with Gasteiger partial charge in [-0.25, -0.2) is 0 Å². The van der Waals surface area contributed by atoms with Crippen LogP contribution in [0.15, 0.2) is 12.1 Å². The monoisotopic (exact) mass is 245 g/mol. The molecule has 0 amide bonds. The Balaban J connectivity index is 3.56. The molecule has 6 nitrogen and oxygen atoms in total. The molecule has 1 aromatic rings. The molecule has 0 radical (unpaired) electrons. The summed E-state index contributed by atoms with van der Waals surface area (Å²) in [5, 5.41) is 9.91. The third-order valence-corrected chi connectivity index (χ3v) is 2.12. The first-order chi connectivity index (χ1) is 7.52. The van der Waals surface area contributed by atoms with Crippen molar-refractivity contribution in [1.29, 1.82) is 0 Å². The molecule has 0 aromatic heterocycles. The topological polar surface area (TPSA) is 78.7 Å². The smallest absolute Gasteiger partial charge is 0.326 e. The van der Waals surface area contributed by atoms with Crippen molar-refractivity contribution in [3.63, 3.8) is 0 Å². The highest BCUT2D eigenvalue weighted by Gasteiger charge is 2.27. The van der Waals surface area contributed by atoms with Crippen LogP contribution in [-0.2, 0) is 0 Å². The van der Waals surface area contributed by atoms with Gasteiger partial charge >= 0.3 is 5.69 Å². The van der Waals surface area contributed by atoms with E-state index in [1.54, 1.807) is 0 Å². The fourth-order valence-electron chi connectivity index (χ4n) is 1.25. The van der Waals surface area contributed by atoms with E-state index in [4.69, 9.17) is 21.1 Å². The third kappa shape index (κ3) is 2.06. The maximum absolute atomic E-state index is 11.0. The lowest BCUT2D eigenvalue weighted by Gasteiger charge is -2.08. The average molecular weight is 246 g/mol. The molecule has 0 aliphatic rings. The Kier molecular flexibility index (Phi) is 3.68. The van der Waals surface area contributed by atoms with Crippen molar-refractivity contribution in [2.24, 2.45) is 0 Å². The quantitative estimate of drug-likeness (QED) is 0.460. The molecule has 16 heavy (non-hydrogen) atoms. The van der Waals surface area contributed by atoms with E-state index in [2.05, 4.69) is 0 Å². The van der Waals surface area contributed by atoms with Gasteiger partial charge in [-0.2, -0.15) is 0 Å². The first-order valence-electron chi connectivity index (χ1n) is 4.12. The van der Waals surface area contributed by atoms with E-state index in [9.17, 15) is 14.9 Å². The molecule has 0 saturated carbocycles. The van der Waals surface area contributed by atoms with Crippen molar-refractivity contribution in [2.75, 3.05) is 14.2 Å².